The van der Waals surface area contributed by atoms with Crippen molar-refractivity contribution in [2.75, 3.05) is 59.1 Å². The zero-order valence-corrected chi connectivity index (χ0v) is 30.6. The van der Waals surface area contributed by atoms with E-state index >= 15 is 8.78 Å². The van der Waals surface area contributed by atoms with Gasteiger partial charge in [0.1, 0.15) is 42.6 Å². The molecule has 6 rings (SSSR count). The molecule has 3 aliphatic heterocycles. The van der Waals surface area contributed by atoms with Crippen LogP contribution in [0.3, 0.4) is 0 Å². The predicted octanol–water partition coefficient (Wildman–Crippen LogP) is 3.27. The summed E-state index contributed by atoms with van der Waals surface area (Å²) in [6, 6.07) is 11.7. The molecule has 0 aliphatic carbocycles. The second kappa shape index (κ2) is 18.2. The molecule has 0 spiro atoms. The normalized spacial score (nSPS) is 21.3. The molecule has 55 heavy (non-hydrogen) atoms. The van der Waals surface area contributed by atoms with Gasteiger partial charge in [0.05, 0.1) is 24.9 Å². The Morgan fingerprint density at radius 3 is 2.51 bits per heavy atom. The van der Waals surface area contributed by atoms with Crippen LogP contribution in [0.1, 0.15) is 37.2 Å². The fourth-order valence-electron chi connectivity index (χ4n) is 7.40. The molecule has 0 bridgehead atoms. The van der Waals surface area contributed by atoms with E-state index in [1.54, 1.807) is 15.7 Å². The number of piperidine rings is 1. The number of aliphatic hydroxyl groups is 2. The number of carbonyl (C=O) groups is 3. The van der Waals surface area contributed by atoms with E-state index in [0.29, 0.717) is 25.2 Å². The number of rotatable bonds is 15. The average Bonchev–Trinajstić information content (AvgIpc) is 3.88. The zero-order chi connectivity index (χ0) is 39.1. The van der Waals surface area contributed by atoms with E-state index < -0.39 is 54.1 Å². The molecule has 5 unspecified atom stereocenters. The van der Waals surface area contributed by atoms with Gasteiger partial charge in [-0.15, -0.1) is 0 Å². The van der Waals surface area contributed by atoms with Crippen LogP contribution in [-0.4, -0.2) is 130 Å². The van der Waals surface area contributed by atoms with Gasteiger partial charge in [-0.3, -0.25) is 9.59 Å². The van der Waals surface area contributed by atoms with Crippen LogP contribution in [0.25, 0.3) is 11.3 Å². The lowest BCUT2D eigenvalue weighted by atomic mass is 9.86. The summed E-state index contributed by atoms with van der Waals surface area (Å²) in [4.78, 5) is 47.9. The summed E-state index contributed by atoms with van der Waals surface area (Å²) in [5.41, 5.74) is 0.958. The van der Waals surface area contributed by atoms with Crippen molar-refractivity contribution in [3.63, 3.8) is 0 Å². The number of nitrogens with zero attached hydrogens (tertiary/aromatic N) is 5. The van der Waals surface area contributed by atoms with Crippen LogP contribution < -0.4 is 5.32 Å². The van der Waals surface area contributed by atoms with Crippen LogP contribution >= 0.6 is 0 Å². The summed E-state index contributed by atoms with van der Waals surface area (Å²) in [7, 11) is 0. The molecule has 3 amide bonds. The minimum atomic E-state index is -1.43. The highest BCUT2D eigenvalue weighted by Gasteiger charge is 2.42. The highest BCUT2D eigenvalue weighted by Crippen LogP contribution is 2.39. The monoisotopic (exact) mass is 768 g/mol. The van der Waals surface area contributed by atoms with Gasteiger partial charge in [0, 0.05) is 69.6 Å². The number of aliphatic hydroxyl groups excluding tert-OH is 2. The Balaban J connectivity index is 1.23. The Bertz CT molecular complexity index is 1820. The third kappa shape index (κ3) is 9.73. The molecule has 13 nitrogen and oxygen atoms in total. The molecule has 0 saturated carbocycles. The Morgan fingerprint density at radius 2 is 1.84 bits per heavy atom. The Kier molecular flexibility index (Phi) is 13.2. The summed E-state index contributed by atoms with van der Waals surface area (Å²) in [6.45, 7) is 2.89. The van der Waals surface area contributed by atoms with Crippen molar-refractivity contribution in [3.05, 3.63) is 89.9 Å². The minimum absolute atomic E-state index is 0.0337. The van der Waals surface area contributed by atoms with Crippen molar-refractivity contribution in [1.29, 1.82) is 0 Å². The number of carbonyl (C=O) groups excluding carboxylic acids is 3. The third-order valence-corrected chi connectivity index (χ3v) is 10.3. The fourth-order valence-corrected chi connectivity index (χ4v) is 7.40. The summed E-state index contributed by atoms with van der Waals surface area (Å²) >= 11 is 0. The van der Waals surface area contributed by atoms with Gasteiger partial charge in [-0.1, -0.05) is 30.3 Å². The summed E-state index contributed by atoms with van der Waals surface area (Å²) < 4.78 is 57.5. The number of nitrogens with one attached hydrogen (secondary N) is 1. The number of halogens is 3. The minimum Gasteiger partial charge on any atom is -0.447 e. The summed E-state index contributed by atoms with van der Waals surface area (Å²) in [5.74, 6) is -2.83. The van der Waals surface area contributed by atoms with E-state index in [-0.39, 0.29) is 82.2 Å². The second-order valence-electron chi connectivity index (χ2n) is 14.1. The van der Waals surface area contributed by atoms with Gasteiger partial charge in [-0.2, -0.15) is 0 Å². The highest BCUT2D eigenvalue weighted by atomic mass is 19.1. The maximum atomic E-state index is 15.2. The van der Waals surface area contributed by atoms with E-state index in [4.69, 9.17) is 14.5 Å². The number of likely N-dealkylation sites (tertiary alicyclic amines) is 1. The lowest BCUT2D eigenvalue weighted by Crippen LogP contribution is -2.50. The van der Waals surface area contributed by atoms with Crippen LogP contribution in [0.15, 0.2) is 66.9 Å². The number of hydrogen-bond acceptors (Lipinski definition) is 9. The lowest BCUT2D eigenvalue weighted by molar-refractivity contribution is -0.145. The smallest absolute Gasteiger partial charge is 0.409 e. The van der Waals surface area contributed by atoms with Crippen molar-refractivity contribution in [2.45, 2.75) is 50.9 Å². The quantitative estimate of drug-likeness (QED) is 0.198. The SMILES string of the molecule is CC(O)C(=O)N(CC1CNCC1F)C(c1nc(-c2cc(F)ccc2F)cn1Cc1ccccc1)C1CCN(C(=O)OCCOCCN2C(=O)C=CC2O)CC1. The van der Waals surface area contributed by atoms with E-state index in [1.165, 1.54) is 28.9 Å². The molecule has 2 fully saturated rings. The van der Waals surface area contributed by atoms with Crippen LogP contribution in [0, 0.1) is 23.5 Å². The van der Waals surface area contributed by atoms with E-state index in [1.807, 2.05) is 30.3 Å². The first kappa shape index (κ1) is 39.9. The number of alkyl halides is 1. The van der Waals surface area contributed by atoms with E-state index in [0.717, 1.165) is 23.8 Å². The molecule has 296 valence electrons. The molecule has 5 atom stereocenters. The Labute approximate surface area is 317 Å². The highest BCUT2D eigenvalue weighted by molar-refractivity contribution is 5.90. The van der Waals surface area contributed by atoms with Gasteiger partial charge >= 0.3 is 6.09 Å². The number of aromatic nitrogens is 2. The van der Waals surface area contributed by atoms with Crippen LogP contribution in [0.4, 0.5) is 18.0 Å². The molecule has 3 N–H and O–H groups in total. The number of amides is 3. The molecule has 1 aromatic heterocycles. The molecule has 3 aliphatic rings. The lowest BCUT2D eigenvalue weighted by Gasteiger charge is -2.42. The molecular formula is C39H47F3N6O7. The van der Waals surface area contributed by atoms with Gasteiger partial charge in [0.25, 0.3) is 5.91 Å². The van der Waals surface area contributed by atoms with Crippen LogP contribution in [-0.2, 0) is 25.6 Å². The summed E-state index contributed by atoms with van der Waals surface area (Å²) in [6.07, 6.45) is 0.831. The molecule has 0 radical (unpaired) electrons. The first-order valence-corrected chi connectivity index (χ1v) is 18.6. The standard InChI is InChI=1S/C39H47F3N6O7/c1-25(49)38(52)48(23-28-20-43-21-32(28)42)36(27-11-13-45(14-12-27)39(53)55-18-17-54-16-15-47-34(50)9-10-35(47)51)37-44-33(30-19-29(40)7-8-31(30)41)24-46(37)22-26-5-3-2-4-6-26/h2-10,19,24-25,27-28,32,34,36,43,49-50H,11-18,20-23H2,1H3. The van der Waals surface area contributed by atoms with Crippen molar-refractivity contribution >= 4 is 17.9 Å². The first-order chi connectivity index (χ1) is 26.5. The topological polar surface area (TPSA) is 150 Å². The zero-order valence-electron chi connectivity index (χ0n) is 30.6. The maximum Gasteiger partial charge on any atom is 0.409 e. The fraction of sp³-hybridized carbons (Fsp3) is 0.487. The number of ether oxygens (including phenoxy) is 2. The molecule has 2 saturated heterocycles. The van der Waals surface area contributed by atoms with Crippen molar-refractivity contribution in [3.8, 4) is 11.3 Å². The third-order valence-electron chi connectivity index (χ3n) is 10.3. The van der Waals surface area contributed by atoms with Gasteiger partial charge < -0.3 is 44.3 Å². The molecule has 2 aromatic carbocycles. The average molecular weight is 769 g/mol. The van der Waals surface area contributed by atoms with Crippen LogP contribution in [0.5, 0.6) is 0 Å². The Morgan fingerprint density at radius 1 is 1.07 bits per heavy atom. The number of imidazole rings is 1. The van der Waals surface area contributed by atoms with Crippen molar-refractivity contribution in [2.24, 2.45) is 11.8 Å². The Hall–Kier alpha value is -4.77. The van der Waals surface area contributed by atoms with Gasteiger partial charge in [0.15, 0.2) is 0 Å². The van der Waals surface area contributed by atoms with E-state index in [9.17, 15) is 29.0 Å². The van der Waals surface area contributed by atoms with E-state index in [2.05, 4.69) is 5.32 Å². The van der Waals surface area contributed by atoms with Gasteiger partial charge in [-0.05, 0) is 55.5 Å². The molecule has 4 heterocycles. The second-order valence-corrected chi connectivity index (χ2v) is 14.1. The number of hydrogen-bond donors (Lipinski definition) is 3. The van der Waals surface area contributed by atoms with Crippen molar-refractivity contribution < 1.29 is 47.2 Å². The number of benzene rings is 2. The van der Waals surface area contributed by atoms with Gasteiger partial charge in [0.2, 0.25) is 5.91 Å². The largest absolute Gasteiger partial charge is 0.447 e. The van der Waals surface area contributed by atoms with Crippen LogP contribution in [0.2, 0.25) is 0 Å². The molecule has 16 heteroatoms. The van der Waals surface area contributed by atoms with Gasteiger partial charge in [-0.25, -0.2) is 22.9 Å². The first-order valence-electron chi connectivity index (χ1n) is 18.6. The molecule has 3 aromatic rings. The maximum absolute atomic E-state index is 15.2. The van der Waals surface area contributed by atoms with Crippen molar-refractivity contribution in [1.82, 2.24) is 29.6 Å². The molecular weight excluding hydrogens is 721 g/mol. The predicted molar refractivity (Wildman–Crippen MR) is 194 cm³/mol. The summed E-state index contributed by atoms with van der Waals surface area (Å²) in [5, 5.41) is 23.5.